The molecule has 4 nitrogen and oxygen atoms in total. The van der Waals surface area contributed by atoms with Crippen LogP contribution in [0.3, 0.4) is 0 Å². The van der Waals surface area contributed by atoms with E-state index in [1.54, 1.807) is 0 Å². The van der Waals surface area contributed by atoms with Crippen LogP contribution in [0.4, 0.5) is 5.69 Å². The lowest BCUT2D eigenvalue weighted by molar-refractivity contribution is -0.117. The van der Waals surface area contributed by atoms with Gasteiger partial charge in [-0.15, -0.1) is 0 Å². The second-order valence-corrected chi connectivity index (χ2v) is 6.73. The van der Waals surface area contributed by atoms with Crippen molar-refractivity contribution < 1.29 is 4.79 Å². The lowest BCUT2D eigenvalue weighted by atomic mass is 9.99. The Morgan fingerprint density at radius 2 is 2.29 bits per heavy atom. The fourth-order valence-corrected chi connectivity index (χ4v) is 3.23. The molecule has 1 saturated heterocycles. The summed E-state index contributed by atoms with van der Waals surface area (Å²) in [5.41, 5.74) is 0.901. The number of amides is 1. The maximum atomic E-state index is 12.2. The fourth-order valence-electron chi connectivity index (χ4n) is 2.71. The molecule has 0 saturated carbocycles. The van der Waals surface area contributed by atoms with E-state index in [-0.39, 0.29) is 5.91 Å². The SMILES string of the molecule is CCN(CC(=O)Nc1ccccc1I)CC1CCCNC1. The number of nitrogens with zero attached hydrogens (tertiary/aromatic N) is 1. The van der Waals surface area contributed by atoms with Crippen molar-refractivity contribution in [3.05, 3.63) is 27.8 Å². The first-order valence-corrected chi connectivity index (χ1v) is 8.74. The average molecular weight is 401 g/mol. The monoisotopic (exact) mass is 401 g/mol. The molecule has 1 fully saturated rings. The largest absolute Gasteiger partial charge is 0.324 e. The highest BCUT2D eigenvalue weighted by Gasteiger charge is 2.18. The van der Waals surface area contributed by atoms with E-state index in [4.69, 9.17) is 0 Å². The van der Waals surface area contributed by atoms with Crippen molar-refractivity contribution >= 4 is 34.2 Å². The number of hydrogen-bond acceptors (Lipinski definition) is 3. The summed E-state index contributed by atoms with van der Waals surface area (Å²) >= 11 is 2.24. The molecule has 2 rings (SSSR count). The molecule has 1 amide bonds. The summed E-state index contributed by atoms with van der Waals surface area (Å²) < 4.78 is 1.07. The van der Waals surface area contributed by atoms with Crippen molar-refractivity contribution in [1.29, 1.82) is 0 Å². The third-order valence-corrected chi connectivity index (χ3v) is 4.82. The summed E-state index contributed by atoms with van der Waals surface area (Å²) in [6.45, 7) is 6.72. The molecule has 2 N–H and O–H groups in total. The highest BCUT2D eigenvalue weighted by Crippen LogP contribution is 2.17. The fraction of sp³-hybridized carbons (Fsp3) is 0.562. The van der Waals surface area contributed by atoms with Crippen LogP contribution in [0.2, 0.25) is 0 Å². The lowest BCUT2D eigenvalue weighted by Crippen LogP contribution is -2.41. The van der Waals surface area contributed by atoms with E-state index in [0.29, 0.717) is 12.5 Å². The van der Waals surface area contributed by atoms with E-state index in [2.05, 4.69) is 45.0 Å². The minimum Gasteiger partial charge on any atom is -0.324 e. The van der Waals surface area contributed by atoms with Crippen molar-refractivity contribution in [1.82, 2.24) is 10.2 Å². The number of anilines is 1. The minimum absolute atomic E-state index is 0.0738. The van der Waals surface area contributed by atoms with E-state index in [1.807, 2.05) is 24.3 Å². The van der Waals surface area contributed by atoms with Crippen LogP contribution in [0, 0.1) is 9.49 Å². The Morgan fingerprint density at radius 1 is 1.48 bits per heavy atom. The molecule has 0 spiro atoms. The molecule has 1 aromatic carbocycles. The number of rotatable bonds is 6. The van der Waals surface area contributed by atoms with Gasteiger partial charge in [0.1, 0.15) is 0 Å². The number of para-hydroxylation sites is 1. The number of carbonyl (C=O) groups excluding carboxylic acids is 1. The van der Waals surface area contributed by atoms with Crippen molar-refractivity contribution in [3.8, 4) is 0 Å². The van der Waals surface area contributed by atoms with E-state index in [0.717, 1.165) is 35.4 Å². The molecule has 0 radical (unpaired) electrons. The third-order valence-electron chi connectivity index (χ3n) is 3.88. The summed E-state index contributed by atoms with van der Waals surface area (Å²) in [6, 6.07) is 7.87. The maximum absolute atomic E-state index is 12.2. The van der Waals surface area contributed by atoms with Gasteiger partial charge in [0, 0.05) is 10.1 Å². The molecule has 5 heteroatoms. The van der Waals surface area contributed by atoms with Gasteiger partial charge < -0.3 is 10.6 Å². The number of piperidine rings is 1. The second-order valence-electron chi connectivity index (χ2n) is 5.57. The van der Waals surface area contributed by atoms with Crippen molar-refractivity contribution in [2.45, 2.75) is 19.8 Å². The first-order chi connectivity index (χ1) is 10.2. The quantitative estimate of drug-likeness (QED) is 0.721. The maximum Gasteiger partial charge on any atom is 0.238 e. The first-order valence-electron chi connectivity index (χ1n) is 7.66. The van der Waals surface area contributed by atoms with Gasteiger partial charge in [0.15, 0.2) is 0 Å². The highest BCUT2D eigenvalue weighted by molar-refractivity contribution is 14.1. The molecule has 116 valence electrons. The predicted octanol–water partition coefficient (Wildman–Crippen LogP) is 2.55. The Hall–Kier alpha value is -0.660. The van der Waals surface area contributed by atoms with Crippen molar-refractivity contribution in [2.24, 2.45) is 5.92 Å². The molecule has 1 aliphatic heterocycles. The van der Waals surface area contributed by atoms with Gasteiger partial charge >= 0.3 is 0 Å². The van der Waals surface area contributed by atoms with Gasteiger partial charge in [-0.3, -0.25) is 9.69 Å². The second kappa shape index (κ2) is 8.70. The smallest absolute Gasteiger partial charge is 0.238 e. The van der Waals surface area contributed by atoms with Crippen molar-refractivity contribution in [2.75, 3.05) is 38.0 Å². The molecule has 1 aromatic rings. The standard InChI is InChI=1S/C16H24IN3O/c1-2-20(11-13-6-5-9-18-10-13)12-16(21)19-15-8-4-3-7-14(15)17/h3-4,7-8,13,18H,2,5-6,9-12H2,1H3,(H,19,21). The van der Waals surface area contributed by atoms with Gasteiger partial charge in [0.2, 0.25) is 5.91 Å². The topological polar surface area (TPSA) is 44.4 Å². The molecule has 1 unspecified atom stereocenters. The zero-order valence-corrected chi connectivity index (χ0v) is 14.7. The zero-order chi connectivity index (χ0) is 15.1. The van der Waals surface area contributed by atoms with Crippen LogP contribution in [0.25, 0.3) is 0 Å². The molecular formula is C16H24IN3O. The summed E-state index contributed by atoms with van der Waals surface area (Å²) in [7, 11) is 0. The van der Waals surface area contributed by atoms with Gasteiger partial charge in [0.05, 0.1) is 12.2 Å². The van der Waals surface area contributed by atoms with Crippen LogP contribution in [-0.2, 0) is 4.79 Å². The van der Waals surface area contributed by atoms with Crippen LogP contribution in [0.15, 0.2) is 24.3 Å². The normalized spacial score (nSPS) is 18.7. The molecule has 1 atom stereocenters. The molecular weight excluding hydrogens is 377 g/mol. The molecule has 21 heavy (non-hydrogen) atoms. The van der Waals surface area contributed by atoms with Gasteiger partial charge in [-0.05, 0) is 73.1 Å². The Kier molecular flexibility index (Phi) is 6.92. The van der Waals surface area contributed by atoms with E-state index < -0.39 is 0 Å². The highest BCUT2D eigenvalue weighted by atomic mass is 127. The minimum atomic E-state index is 0.0738. The molecule has 1 aliphatic rings. The van der Waals surface area contributed by atoms with E-state index in [1.165, 1.54) is 12.8 Å². The lowest BCUT2D eigenvalue weighted by Gasteiger charge is -2.29. The Bertz CT molecular complexity index is 461. The number of nitrogens with one attached hydrogen (secondary N) is 2. The predicted molar refractivity (Wildman–Crippen MR) is 95.5 cm³/mol. The number of carbonyl (C=O) groups is 1. The Labute approximate surface area is 140 Å². The number of hydrogen-bond donors (Lipinski definition) is 2. The number of halogens is 1. The van der Waals surface area contributed by atoms with Gasteiger partial charge in [-0.25, -0.2) is 0 Å². The number of likely N-dealkylation sites (N-methyl/N-ethyl adjacent to an activating group) is 1. The van der Waals surface area contributed by atoms with Crippen LogP contribution < -0.4 is 10.6 Å². The molecule has 0 bridgehead atoms. The molecule has 0 aliphatic carbocycles. The summed E-state index contributed by atoms with van der Waals surface area (Å²) in [4.78, 5) is 14.4. The molecule has 1 heterocycles. The van der Waals surface area contributed by atoms with Crippen LogP contribution in [-0.4, -0.2) is 43.5 Å². The Balaban J connectivity index is 1.83. The van der Waals surface area contributed by atoms with Crippen LogP contribution in [0.1, 0.15) is 19.8 Å². The van der Waals surface area contributed by atoms with Crippen LogP contribution in [0.5, 0.6) is 0 Å². The van der Waals surface area contributed by atoms with Gasteiger partial charge in [-0.2, -0.15) is 0 Å². The summed E-state index contributed by atoms with van der Waals surface area (Å²) in [6.07, 6.45) is 2.51. The first kappa shape index (κ1) is 16.7. The van der Waals surface area contributed by atoms with Gasteiger partial charge in [-0.1, -0.05) is 19.1 Å². The average Bonchev–Trinajstić information content (AvgIpc) is 2.50. The van der Waals surface area contributed by atoms with Crippen molar-refractivity contribution in [3.63, 3.8) is 0 Å². The number of benzene rings is 1. The summed E-state index contributed by atoms with van der Waals surface area (Å²) in [5, 5.41) is 6.45. The zero-order valence-electron chi connectivity index (χ0n) is 12.6. The Morgan fingerprint density at radius 3 is 2.95 bits per heavy atom. The van der Waals surface area contributed by atoms with E-state index >= 15 is 0 Å². The third kappa shape index (κ3) is 5.56. The van der Waals surface area contributed by atoms with E-state index in [9.17, 15) is 4.79 Å². The molecule has 0 aromatic heterocycles. The van der Waals surface area contributed by atoms with Gasteiger partial charge in [0.25, 0.3) is 0 Å². The summed E-state index contributed by atoms with van der Waals surface area (Å²) in [5.74, 6) is 0.744. The van der Waals surface area contributed by atoms with Crippen LogP contribution >= 0.6 is 22.6 Å².